The summed E-state index contributed by atoms with van der Waals surface area (Å²) in [6.07, 6.45) is 1.90. The summed E-state index contributed by atoms with van der Waals surface area (Å²) >= 11 is 5.86. The van der Waals surface area contributed by atoms with Gasteiger partial charge in [0.25, 0.3) is 0 Å². The van der Waals surface area contributed by atoms with Crippen molar-refractivity contribution in [2.75, 3.05) is 20.2 Å². The lowest BCUT2D eigenvalue weighted by Gasteiger charge is -2.25. The molecule has 2 aromatic carbocycles. The second kappa shape index (κ2) is 8.94. The van der Waals surface area contributed by atoms with Crippen LogP contribution in [0.3, 0.4) is 0 Å². The fourth-order valence-electron chi connectivity index (χ4n) is 3.41. The molecule has 28 heavy (non-hydrogen) atoms. The van der Waals surface area contributed by atoms with Gasteiger partial charge in [-0.2, -0.15) is 0 Å². The van der Waals surface area contributed by atoms with Gasteiger partial charge in [0, 0.05) is 24.5 Å². The highest BCUT2D eigenvalue weighted by atomic mass is 35.5. The Labute approximate surface area is 170 Å². The number of likely N-dealkylation sites (tertiary alicyclic amines) is 1. The van der Waals surface area contributed by atoms with Crippen LogP contribution in [0.5, 0.6) is 5.75 Å². The largest absolute Gasteiger partial charge is 0.497 e. The SMILES string of the molecule is COc1cccc(C2CCCN2C(=O)CCNS(=O)(=O)c2cccc(Cl)c2)c1. The first-order chi connectivity index (χ1) is 13.4. The van der Waals surface area contributed by atoms with E-state index in [1.54, 1.807) is 19.2 Å². The third-order valence-corrected chi connectivity index (χ3v) is 6.48. The fraction of sp³-hybridized carbons (Fsp3) is 0.350. The summed E-state index contributed by atoms with van der Waals surface area (Å²) in [5.41, 5.74) is 1.03. The molecule has 0 aromatic heterocycles. The van der Waals surface area contributed by atoms with Gasteiger partial charge in [0.1, 0.15) is 5.75 Å². The predicted octanol–water partition coefficient (Wildman–Crippen LogP) is 3.38. The number of methoxy groups -OCH3 is 1. The molecule has 1 unspecified atom stereocenters. The average Bonchev–Trinajstić information content (AvgIpc) is 3.18. The zero-order chi connectivity index (χ0) is 20.1. The van der Waals surface area contributed by atoms with Crippen molar-refractivity contribution in [3.8, 4) is 5.75 Å². The number of nitrogens with one attached hydrogen (secondary N) is 1. The molecule has 0 radical (unpaired) electrons. The third-order valence-electron chi connectivity index (χ3n) is 4.79. The lowest BCUT2D eigenvalue weighted by Crippen LogP contribution is -2.34. The van der Waals surface area contributed by atoms with E-state index in [9.17, 15) is 13.2 Å². The number of halogens is 1. The number of benzene rings is 2. The molecule has 0 spiro atoms. The van der Waals surface area contributed by atoms with Crippen molar-refractivity contribution in [3.63, 3.8) is 0 Å². The molecule has 1 amide bonds. The summed E-state index contributed by atoms with van der Waals surface area (Å²) in [5.74, 6) is 0.685. The second-order valence-corrected chi connectivity index (χ2v) is 8.83. The highest BCUT2D eigenvalue weighted by Gasteiger charge is 2.30. The first kappa shape index (κ1) is 20.6. The molecular formula is C20H23ClN2O4S. The highest BCUT2D eigenvalue weighted by Crippen LogP contribution is 2.33. The van der Waals surface area contributed by atoms with E-state index in [-0.39, 0.29) is 29.8 Å². The molecule has 3 rings (SSSR count). The quantitative estimate of drug-likeness (QED) is 0.742. The summed E-state index contributed by atoms with van der Waals surface area (Å²) in [4.78, 5) is 14.6. The van der Waals surface area contributed by atoms with Gasteiger partial charge in [0.05, 0.1) is 18.0 Å². The van der Waals surface area contributed by atoms with Gasteiger partial charge < -0.3 is 9.64 Å². The molecule has 0 bridgehead atoms. The second-order valence-electron chi connectivity index (χ2n) is 6.63. The molecule has 8 heteroatoms. The number of sulfonamides is 1. The standard InChI is InChI=1S/C20H23ClN2O4S/c1-27-17-7-2-5-15(13-17)19-9-4-12-23(19)20(24)10-11-22-28(25,26)18-8-3-6-16(21)14-18/h2-3,5-8,13-14,19,22H,4,9-12H2,1H3. The third kappa shape index (κ3) is 4.84. The molecule has 1 atom stereocenters. The lowest BCUT2D eigenvalue weighted by molar-refractivity contribution is -0.131. The first-order valence-electron chi connectivity index (χ1n) is 9.09. The number of nitrogens with zero attached hydrogens (tertiary/aromatic N) is 1. The van der Waals surface area contributed by atoms with Crippen molar-refractivity contribution in [1.82, 2.24) is 9.62 Å². The van der Waals surface area contributed by atoms with E-state index in [0.717, 1.165) is 24.2 Å². The molecule has 2 aromatic rings. The molecule has 150 valence electrons. The molecular weight excluding hydrogens is 400 g/mol. The Morgan fingerprint density at radius 2 is 2.04 bits per heavy atom. The van der Waals surface area contributed by atoms with Gasteiger partial charge in [-0.3, -0.25) is 4.79 Å². The van der Waals surface area contributed by atoms with Gasteiger partial charge >= 0.3 is 0 Å². The number of hydrogen-bond donors (Lipinski definition) is 1. The fourth-order valence-corrected chi connectivity index (χ4v) is 4.75. The van der Waals surface area contributed by atoms with Crippen LogP contribution in [0.25, 0.3) is 0 Å². The maximum Gasteiger partial charge on any atom is 0.240 e. The van der Waals surface area contributed by atoms with Crippen LogP contribution in [-0.4, -0.2) is 39.4 Å². The molecule has 1 aliphatic rings. The van der Waals surface area contributed by atoms with Crippen LogP contribution < -0.4 is 9.46 Å². The van der Waals surface area contributed by atoms with Crippen molar-refractivity contribution >= 4 is 27.5 Å². The Bertz CT molecular complexity index is 949. The van der Waals surface area contributed by atoms with Crippen molar-refractivity contribution < 1.29 is 17.9 Å². The Kier molecular flexibility index (Phi) is 6.59. The Morgan fingerprint density at radius 3 is 2.79 bits per heavy atom. The summed E-state index contributed by atoms with van der Waals surface area (Å²) in [5, 5.41) is 0.345. The summed E-state index contributed by atoms with van der Waals surface area (Å²) < 4.78 is 32.4. The first-order valence-corrected chi connectivity index (χ1v) is 11.0. The summed E-state index contributed by atoms with van der Waals surface area (Å²) in [7, 11) is -2.08. The maximum atomic E-state index is 12.7. The monoisotopic (exact) mass is 422 g/mol. The van der Waals surface area contributed by atoms with Crippen molar-refractivity contribution in [1.29, 1.82) is 0 Å². The molecule has 1 N–H and O–H groups in total. The molecule has 0 aliphatic carbocycles. The zero-order valence-electron chi connectivity index (χ0n) is 15.6. The minimum Gasteiger partial charge on any atom is -0.497 e. The van der Waals surface area contributed by atoms with Crippen molar-refractivity contribution in [3.05, 3.63) is 59.1 Å². The molecule has 1 aliphatic heterocycles. The predicted molar refractivity (Wildman–Crippen MR) is 108 cm³/mol. The minimum absolute atomic E-state index is 0.00728. The molecule has 1 saturated heterocycles. The summed E-state index contributed by atoms with van der Waals surface area (Å²) in [6.45, 7) is 0.705. The Hall–Kier alpha value is -2.09. The van der Waals surface area contributed by atoms with E-state index in [0.29, 0.717) is 11.6 Å². The number of hydrogen-bond acceptors (Lipinski definition) is 4. The molecule has 1 heterocycles. The van der Waals surface area contributed by atoms with Crippen LogP contribution in [0.2, 0.25) is 5.02 Å². The zero-order valence-corrected chi connectivity index (χ0v) is 17.2. The number of amides is 1. The number of carbonyl (C=O) groups is 1. The van der Waals surface area contributed by atoms with E-state index >= 15 is 0 Å². The van der Waals surface area contributed by atoms with E-state index < -0.39 is 10.0 Å². The van der Waals surface area contributed by atoms with Crippen molar-refractivity contribution in [2.45, 2.75) is 30.2 Å². The van der Waals surface area contributed by atoms with Crippen LogP contribution >= 0.6 is 11.6 Å². The lowest BCUT2D eigenvalue weighted by atomic mass is 10.0. The van der Waals surface area contributed by atoms with E-state index in [4.69, 9.17) is 16.3 Å². The number of rotatable bonds is 7. The van der Waals surface area contributed by atoms with Crippen LogP contribution in [-0.2, 0) is 14.8 Å². The Balaban J connectivity index is 1.61. The van der Waals surface area contributed by atoms with Crippen LogP contribution in [0.1, 0.15) is 30.9 Å². The van der Waals surface area contributed by atoms with Gasteiger partial charge in [-0.05, 0) is 48.7 Å². The minimum atomic E-state index is -3.70. The smallest absolute Gasteiger partial charge is 0.240 e. The van der Waals surface area contributed by atoms with Gasteiger partial charge in [-0.15, -0.1) is 0 Å². The van der Waals surface area contributed by atoms with Gasteiger partial charge in [0.15, 0.2) is 0 Å². The van der Waals surface area contributed by atoms with E-state index in [1.165, 1.54) is 12.1 Å². The van der Waals surface area contributed by atoms with Gasteiger partial charge in [0.2, 0.25) is 15.9 Å². The molecule has 0 saturated carbocycles. The van der Waals surface area contributed by atoms with E-state index in [2.05, 4.69) is 4.72 Å². The van der Waals surface area contributed by atoms with E-state index in [1.807, 2.05) is 29.2 Å². The highest BCUT2D eigenvalue weighted by molar-refractivity contribution is 7.89. The normalized spacial score (nSPS) is 16.9. The van der Waals surface area contributed by atoms with Crippen LogP contribution in [0, 0.1) is 0 Å². The van der Waals surface area contributed by atoms with Crippen molar-refractivity contribution in [2.24, 2.45) is 0 Å². The van der Waals surface area contributed by atoms with Gasteiger partial charge in [-0.25, -0.2) is 13.1 Å². The number of ether oxygens (including phenoxy) is 1. The molecule has 1 fully saturated rings. The molecule has 6 nitrogen and oxygen atoms in total. The number of carbonyl (C=O) groups excluding carboxylic acids is 1. The average molecular weight is 423 g/mol. The van der Waals surface area contributed by atoms with Crippen LogP contribution in [0.15, 0.2) is 53.4 Å². The topological polar surface area (TPSA) is 75.7 Å². The summed E-state index contributed by atoms with van der Waals surface area (Å²) in [6, 6.07) is 13.7. The Morgan fingerprint density at radius 1 is 1.25 bits per heavy atom. The van der Waals surface area contributed by atoms with Crippen LogP contribution in [0.4, 0.5) is 0 Å². The van der Waals surface area contributed by atoms with Gasteiger partial charge in [-0.1, -0.05) is 29.8 Å². The maximum absolute atomic E-state index is 12.7.